The third-order valence-electron chi connectivity index (χ3n) is 6.56. The summed E-state index contributed by atoms with van der Waals surface area (Å²) in [5.41, 5.74) is 2.23. The maximum atomic E-state index is 13.0. The van der Waals surface area contributed by atoms with E-state index in [4.69, 9.17) is 11.6 Å². The van der Waals surface area contributed by atoms with E-state index in [0.717, 1.165) is 6.20 Å². The van der Waals surface area contributed by atoms with Crippen LogP contribution in [-0.4, -0.2) is 71.7 Å². The summed E-state index contributed by atoms with van der Waals surface area (Å²) in [6, 6.07) is 6.39. The van der Waals surface area contributed by atoms with Gasteiger partial charge in [0.25, 0.3) is 11.8 Å². The highest BCUT2D eigenvalue weighted by Gasteiger charge is 2.25. The molecule has 9 nitrogen and oxygen atoms in total. The highest BCUT2D eigenvalue weighted by atomic mass is 35.5. The molecule has 4 rings (SSSR count). The molecule has 0 aliphatic carbocycles. The minimum atomic E-state index is -0.430. The van der Waals surface area contributed by atoms with E-state index in [1.807, 2.05) is 41.5 Å². The van der Waals surface area contributed by atoms with Crippen molar-refractivity contribution in [2.24, 2.45) is 0 Å². The van der Waals surface area contributed by atoms with Crippen LogP contribution in [0.1, 0.15) is 84.9 Å². The Morgan fingerprint density at radius 2 is 1.15 bits per heavy atom. The van der Waals surface area contributed by atoms with E-state index in [2.05, 4.69) is 48.6 Å². The number of hydrogen-bond donors (Lipinski definition) is 0. The second-order valence-corrected chi connectivity index (χ2v) is 12.5. The highest BCUT2D eigenvalue weighted by Crippen LogP contribution is 2.15. The standard InChI is InChI=1S/C18H18FN3O.C17H17ClN4O/c1-18(2,3)22(4)17(23)16-8-7-13(11-21-16)5-6-14-9-15(19)12-20-10-14;1-17(2,3)22(4)16(23)15-20-9-13(10-21-15)6-5-12-7-14(18)11-19-8-12/h7-12H,1-4H3;7-11H,1-4H3. The van der Waals surface area contributed by atoms with E-state index in [1.165, 1.54) is 30.9 Å². The fraction of sp³-hybridized carbons (Fsp3) is 0.286. The number of carbonyl (C=O) groups is 2. The van der Waals surface area contributed by atoms with Gasteiger partial charge in [0, 0.05) is 79.0 Å². The smallest absolute Gasteiger partial charge is 0.291 e. The second-order valence-electron chi connectivity index (χ2n) is 12.1. The van der Waals surface area contributed by atoms with Gasteiger partial charge in [-0.05, 0) is 65.8 Å². The average Bonchev–Trinajstić information content (AvgIpc) is 3.01. The van der Waals surface area contributed by atoms with Crippen molar-refractivity contribution in [1.82, 2.24) is 34.7 Å². The number of pyridine rings is 3. The van der Waals surface area contributed by atoms with Crippen molar-refractivity contribution >= 4 is 23.4 Å². The number of amides is 2. The molecule has 0 aromatic carbocycles. The van der Waals surface area contributed by atoms with Gasteiger partial charge in [0.05, 0.1) is 16.8 Å². The molecule has 0 saturated heterocycles. The van der Waals surface area contributed by atoms with Crippen LogP contribution in [0.25, 0.3) is 0 Å². The molecule has 4 aromatic rings. The number of aromatic nitrogens is 5. The van der Waals surface area contributed by atoms with Gasteiger partial charge in [-0.1, -0.05) is 35.3 Å². The van der Waals surface area contributed by atoms with Crippen LogP contribution in [0.2, 0.25) is 5.02 Å². The van der Waals surface area contributed by atoms with Crippen LogP contribution in [0.4, 0.5) is 4.39 Å². The van der Waals surface area contributed by atoms with Gasteiger partial charge in [-0.25, -0.2) is 19.3 Å². The van der Waals surface area contributed by atoms with Crippen molar-refractivity contribution in [3.05, 3.63) is 112 Å². The number of halogens is 2. The Hall–Kier alpha value is -5.19. The van der Waals surface area contributed by atoms with Crippen molar-refractivity contribution in [2.75, 3.05) is 14.1 Å². The van der Waals surface area contributed by atoms with E-state index in [0.29, 0.717) is 33.0 Å². The molecule has 236 valence electrons. The molecule has 4 heterocycles. The molecule has 0 aliphatic rings. The molecule has 0 fully saturated rings. The predicted octanol–water partition coefficient (Wildman–Crippen LogP) is 5.68. The molecule has 0 N–H and O–H groups in total. The Balaban J connectivity index is 0.000000250. The molecule has 11 heteroatoms. The summed E-state index contributed by atoms with van der Waals surface area (Å²) in [5.74, 6) is 10.9. The summed E-state index contributed by atoms with van der Waals surface area (Å²) in [7, 11) is 3.47. The van der Waals surface area contributed by atoms with Gasteiger partial charge >= 0.3 is 0 Å². The minimum absolute atomic E-state index is 0.147. The Morgan fingerprint density at radius 1 is 0.652 bits per heavy atom. The van der Waals surface area contributed by atoms with E-state index < -0.39 is 5.82 Å². The van der Waals surface area contributed by atoms with E-state index in [1.54, 1.807) is 54.5 Å². The molecule has 0 atom stereocenters. The second kappa shape index (κ2) is 15.2. The monoisotopic (exact) mass is 639 g/mol. The van der Waals surface area contributed by atoms with Crippen LogP contribution >= 0.6 is 11.6 Å². The van der Waals surface area contributed by atoms with Gasteiger partial charge in [0.15, 0.2) is 0 Å². The summed E-state index contributed by atoms with van der Waals surface area (Å²) in [6.07, 6.45) is 10.4. The van der Waals surface area contributed by atoms with E-state index in [-0.39, 0.29) is 28.7 Å². The van der Waals surface area contributed by atoms with Gasteiger partial charge in [-0.2, -0.15) is 0 Å². The lowest BCUT2D eigenvalue weighted by molar-refractivity contribution is 0.0636. The minimum Gasteiger partial charge on any atom is -0.336 e. The third-order valence-corrected chi connectivity index (χ3v) is 6.77. The van der Waals surface area contributed by atoms with Crippen molar-refractivity contribution in [3.63, 3.8) is 0 Å². The molecule has 2 amide bonds. The summed E-state index contributed by atoms with van der Waals surface area (Å²) in [4.78, 5) is 47.8. The molecule has 4 aromatic heterocycles. The molecule has 0 saturated carbocycles. The van der Waals surface area contributed by atoms with Crippen LogP contribution in [0.3, 0.4) is 0 Å². The number of nitrogens with zero attached hydrogens (tertiary/aromatic N) is 7. The van der Waals surface area contributed by atoms with E-state index in [9.17, 15) is 14.0 Å². The fourth-order valence-electron chi connectivity index (χ4n) is 3.28. The lowest BCUT2D eigenvalue weighted by atomic mass is 10.1. The molecular formula is C35H35ClFN7O2. The zero-order valence-corrected chi connectivity index (χ0v) is 27.8. The summed E-state index contributed by atoms with van der Waals surface area (Å²) >= 11 is 5.85. The quantitative estimate of drug-likeness (QED) is 0.260. The van der Waals surface area contributed by atoms with Gasteiger partial charge < -0.3 is 9.80 Å². The van der Waals surface area contributed by atoms with Crippen molar-refractivity contribution in [3.8, 4) is 23.7 Å². The zero-order valence-electron chi connectivity index (χ0n) is 27.1. The number of hydrogen-bond acceptors (Lipinski definition) is 7. The lowest BCUT2D eigenvalue weighted by Crippen LogP contribution is -2.43. The Bertz CT molecular complexity index is 1670. The molecule has 0 bridgehead atoms. The lowest BCUT2D eigenvalue weighted by Gasteiger charge is -2.31. The van der Waals surface area contributed by atoms with Crippen LogP contribution < -0.4 is 0 Å². The maximum Gasteiger partial charge on any atom is 0.291 e. The first-order chi connectivity index (χ1) is 21.5. The number of rotatable bonds is 2. The third kappa shape index (κ3) is 10.5. The summed E-state index contributed by atoms with van der Waals surface area (Å²) in [6.45, 7) is 11.7. The zero-order chi connectivity index (χ0) is 34.1. The largest absolute Gasteiger partial charge is 0.336 e. The van der Waals surface area contributed by atoms with Crippen LogP contribution in [-0.2, 0) is 0 Å². The molecule has 0 aliphatic heterocycles. The Morgan fingerprint density at radius 3 is 1.67 bits per heavy atom. The molecule has 46 heavy (non-hydrogen) atoms. The number of carbonyl (C=O) groups excluding carboxylic acids is 2. The van der Waals surface area contributed by atoms with Crippen LogP contribution in [0, 0.1) is 29.5 Å². The Labute approximate surface area is 274 Å². The molecule has 0 spiro atoms. The van der Waals surface area contributed by atoms with Crippen molar-refractivity contribution in [1.29, 1.82) is 0 Å². The first kappa shape index (κ1) is 35.3. The molecule has 0 radical (unpaired) electrons. The normalized spacial score (nSPS) is 10.7. The van der Waals surface area contributed by atoms with Gasteiger partial charge in [-0.3, -0.25) is 19.6 Å². The van der Waals surface area contributed by atoms with Crippen molar-refractivity contribution < 1.29 is 14.0 Å². The molecular weight excluding hydrogens is 605 g/mol. The highest BCUT2D eigenvalue weighted by molar-refractivity contribution is 6.30. The fourth-order valence-corrected chi connectivity index (χ4v) is 3.45. The topological polar surface area (TPSA) is 105 Å². The predicted molar refractivity (Wildman–Crippen MR) is 175 cm³/mol. The Kier molecular flexibility index (Phi) is 11.7. The average molecular weight is 640 g/mol. The first-order valence-electron chi connectivity index (χ1n) is 14.1. The maximum absolute atomic E-state index is 13.0. The molecule has 0 unspecified atom stereocenters. The van der Waals surface area contributed by atoms with Gasteiger partial charge in [-0.15, -0.1) is 0 Å². The van der Waals surface area contributed by atoms with E-state index >= 15 is 0 Å². The SMILES string of the molecule is CN(C(=O)c1ccc(C#Cc2cncc(F)c2)cn1)C(C)(C)C.CN(C(=O)c1ncc(C#Cc2cncc(Cl)c2)cn1)C(C)(C)C. The summed E-state index contributed by atoms with van der Waals surface area (Å²) in [5, 5.41) is 0.527. The van der Waals surface area contributed by atoms with Crippen LogP contribution in [0.15, 0.2) is 67.6 Å². The summed E-state index contributed by atoms with van der Waals surface area (Å²) < 4.78 is 13.0. The van der Waals surface area contributed by atoms with Gasteiger partial charge in [0.1, 0.15) is 11.5 Å². The first-order valence-corrected chi connectivity index (χ1v) is 14.5. The van der Waals surface area contributed by atoms with Crippen LogP contribution in [0.5, 0.6) is 0 Å². The van der Waals surface area contributed by atoms with Crippen molar-refractivity contribution in [2.45, 2.75) is 52.6 Å². The van der Waals surface area contributed by atoms with Gasteiger partial charge in [0.2, 0.25) is 5.82 Å².